The lowest BCUT2D eigenvalue weighted by Crippen LogP contribution is -1.90. The molecule has 0 aromatic carbocycles. The van der Waals surface area contributed by atoms with Crippen LogP contribution in [0.5, 0.6) is 0 Å². The Morgan fingerprint density at radius 1 is 1.62 bits per heavy atom. The van der Waals surface area contributed by atoms with E-state index in [1.807, 2.05) is 12.2 Å². The van der Waals surface area contributed by atoms with E-state index in [-0.39, 0.29) is 0 Å². The molecule has 0 atom stereocenters. The number of rotatable bonds is 3. The number of anilines is 1. The molecule has 0 aliphatic rings. The van der Waals surface area contributed by atoms with Gasteiger partial charge in [-0.25, -0.2) is 4.98 Å². The van der Waals surface area contributed by atoms with Crippen LogP contribution in [0.2, 0.25) is 5.15 Å². The number of nitrogen functional groups attached to an aromatic ring is 1. The fourth-order valence-electron chi connectivity index (χ4n) is 0.879. The second kappa shape index (κ2) is 5.14. The molecule has 4 heteroatoms. The minimum Gasteiger partial charge on any atom is -0.398 e. The normalized spacial score (nSPS) is 10.9. The van der Waals surface area contributed by atoms with Crippen molar-refractivity contribution in [3.8, 4) is 0 Å². The third-order valence-electron chi connectivity index (χ3n) is 1.53. The molecule has 1 rings (SSSR count). The molecule has 1 aromatic heterocycles. The molecule has 0 bridgehead atoms. The number of nitrogens with two attached hydrogens (primary N) is 1. The zero-order valence-electron chi connectivity index (χ0n) is 7.07. The van der Waals surface area contributed by atoms with Crippen LogP contribution in [0.1, 0.15) is 12.0 Å². The summed E-state index contributed by atoms with van der Waals surface area (Å²) in [6, 6.07) is 1.64. The maximum absolute atomic E-state index is 5.71. The van der Waals surface area contributed by atoms with Crippen molar-refractivity contribution >= 4 is 36.0 Å². The van der Waals surface area contributed by atoms with Crippen LogP contribution >= 0.6 is 24.2 Å². The van der Waals surface area contributed by atoms with Gasteiger partial charge in [-0.05, 0) is 18.2 Å². The number of hydrogen-bond acceptors (Lipinski definition) is 3. The molecule has 13 heavy (non-hydrogen) atoms. The minimum atomic E-state index is 0.420. The van der Waals surface area contributed by atoms with Gasteiger partial charge in [-0.2, -0.15) is 12.6 Å². The van der Waals surface area contributed by atoms with Crippen LogP contribution in [-0.2, 0) is 0 Å². The molecule has 0 unspecified atom stereocenters. The molecule has 2 N–H and O–H groups in total. The van der Waals surface area contributed by atoms with Crippen LogP contribution in [-0.4, -0.2) is 10.7 Å². The Hall–Kier alpha value is -0.670. The highest BCUT2D eigenvalue weighted by Gasteiger charge is 1.96. The molecule has 2 nitrogen and oxygen atoms in total. The van der Waals surface area contributed by atoms with E-state index in [0.29, 0.717) is 10.8 Å². The van der Waals surface area contributed by atoms with Crippen molar-refractivity contribution in [2.75, 3.05) is 11.5 Å². The summed E-state index contributed by atoms with van der Waals surface area (Å²) in [6.45, 7) is 0. The van der Waals surface area contributed by atoms with Crippen molar-refractivity contribution < 1.29 is 0 Å². The zero-order chi connectivity index (χ0) is 9.68. The highest BCUT2D eigenvalue weighted by Crippen LogP contribution is 2.16. The summed E-state index contributed by atoms with van der Waals surface area (Å²) in [5, 5.41) is 0.420. The zero-order valence-corrected chi connectivity index (χ0v) is 8.72. The molecule has 0 radical (unpaired) electrons. The molecule has 0 saturated heterocycles. The molecular formula is C9H11ClN2S. The fourth-order valence-corrected chi connectivity index (χ4v) is 1.19. The number of hydrogen-bond donors (Lipinski definition) is 2. The standard InChI is InChI=1S/C9H11ClN2S/c10-9-5-8(11)7(6-12-9)3-1-2-4-13/h1,3,5-6,13H,2,4H2,(H2,11,12). The summed E-state index contributed by atoms with van der Waals surface area (Å²) in [7, 11) is 0. The highest BCUT2D eigenvalue weighted by molar-refractivity contribution is 7.80. The first-order valence-electron chi connectivity index (χ1n) is 3.92. The lowest BCUT2D eigenvalue weighted by Gasteiger charge is -1.98. The van der Waals surface area contributed by atoms with Crippen LogP contribution in [0.25, 0.3) is 6.08 Å². The summed E-state index contributed by atoms with van der Waals surface area (Å²) in [5.41, 5.74) is 7.25. The molecule has 0 fully saturated rings. The van der Waals surface area contributed by atoms with E-state index in [4.69, 9.17) is 17.3 Å². The van der Waals surface area contributed by atoms with Crippen molar-refractivity contribution in [1.29, 1.82) is 0 Å². The van der Waals surface area contributed by atoms with Crippen molar-refractivity contribution in [3.63, 3.8) is 0 Å². The molecule has 0 aliphatic heterocycles. The van der Waals surface area contributed by atoms with E-state index in [1.165, 1.54) is 0 Å². The van der Waals surface area contributed by atoms with Gasteiger partial charge in [0.25, 0.3) is 0 Å². The molecular weight excluding hydrogens is 204 g/mol. The second-order valence-corrected chi connectivity index (χ2v) is 3.39. The lowest BCUT2D eigenvalue weighted by atomic mass is 10.2. The molecule has 0 amide bonds. The van der Waals surface area contributed by atoms with E-state index >= 15 is 0 Å². The Labute approximate surface area is 88.2 Å². The minimum absolute atomic E-state index is 0.420. The predicted octanol–water partition coefficient (Wildman–Crippen LogP) is 2.65. The first kappa shape index (κ1) is 10.4. The van der Waals surface area contributed by atoms with E-state index in [9.17, 15) is 0 Å². The van der Waals surface area contributed by atoms with Crippen molar-refractivity contribution in [3.05, 3.63) is 29.1 Å². The van der Waals surface area contributed by atoms with Gasteiger partial charge in [-0.15, -0.1) is 0 Å². The number of allylic oxidation sites excluding steroid dienone is 1. The number of halogens is 1. The Kier molecular flexibility index (Phi) is 4.12. The average molecular weight is 215 g/mol. The first-order valence-corrected chi connectivity index (χ1v) is 4.93. The summed E-state index contributed by atoms with van der Waals surface area (Å²) in [5.74, 6) is 0.831. The Morgan fingerprint density at radius 3 is 3.00 bits per heavy atom. The van der Waals surface area contributed by atoms with Gasteiger partial charge in [0, 0.05) is 17.4 Å². The van der Waals surface area contributed by atoms with Crippen LogP contribution < -0.4 is 5.73 Å². The Morgan fingerprint density at radius 2 is 2.38 bits per heavy atom. The smallest absolute Gasteiger partial charge is 0.131 e. The molecule has 0 saturated carbocycles. The topological polar surface area (TPSA) is 38.9 Å². The number of thiol groups is 1. The summed E-state index contributed by atoms with van der Waals surface area (Å²) >= 11 is 9.74. The maximum atomic E-state index is 5.71. The van der Waals surface area contributed by atoms with Crippen LogP contribution in [0.4, 0.5) is 5.69 Å². The van der Waals surface area contributed by atoms with Gasteiger partial charge in [-0.3, -0.25) is 0 Å². The van der Waals surface area contributed by atoms with Gasteiger partial charge < -0.3 is 5.73 Å². The number of nitrogens with zero attached hydrogens (tertiary/aromatic N) is 1. The summed E-state index contributed by atoms with van der Waals surface area (Å²) in [4.78, 5) is 3.93. The van der Waals surface area contributed by atoms with Crippen molar-refractivity contribution in [2.45, 2.75) is 6.42 Å². The number of pyridine rings is 1. The summed E-state index contributed by atoms with van der Waals surface area (Å²) in [6.07, 6.45) is 6.51. The van der Waals surface area contributed by atoms with Crippen molar-refractivity contribution in [2.24, 2.45) is 0 Å². The van der Waals surface area contributed by atoms with Gasteiger partial charge >= 0.3 is 0 Å². The van der Waals surface area contributed by atoms with Gasteiger partial charge in [0.15, 0.2) is 0 Å². The fraction of sp³-hybridized carbons (Fsp3) is 0.222. The SMILES string of the molecule is Nc1cc(Cl)ncc1C=CCCS. The first-order chi connectivity index (χ1) is 6.24. The summed E-state index contributed by atoms with van der Waals surface area (Å²) < 4.78 is 0. The van der Waals surface area contributed by atoms with Gasteiger partial charge in [0.2, 0.25) is 0 Å². The predicted molar refractivity (Wildman–Crippen MR) is 61.2 cm³/mol. The highest BCUT2D eigenvalue weighted by atomic mass is 35.5. The van der Waals surface area contributed by atoms with Gasteiger partial charge in [0.05, 0.1) is 0 Å². The largest absolute Gasteiger partial charge is 0.398 e. The third-order valence-corrected chi connectivity index (χ3v) is 1.99. The quantitative estimate of drug-likeness (QED) is 0.600. The average Bonchev–Trinajstić information content (AvgIpc) is 2.09. The second-order valence-electron chi connectivity index (χ2n) is 2.55. The van der Waals surface area contributed by atoms with Crippen molar-refractivity contribution in [1.82, 2.24) is 4.98 Å². The monoisotopic (exact) mass is 214 g/mol. The van der Waals surface area contributed by atoms with E-state index < -0.39 is 0 Å². The molecule has 0 spiro atoms. The van der Waals surface area contributed by atoms with Crippen LogP contribution in [0, 0.1) is 0 Å². The maximum Gasteiger partial charge on any atom is 0.131 e. The Balaban J connectivity index is 2.77. The molecule has 1 heterocycles. The van der Waals surface area contributed by atoms with Gasteiger partial charge in [-0.1, -0.05) is 23.8 Å². The molecule has 1 aromatic rings. The lowest BCUT2D eigenvalue weighted by molar-refractivity contribution is 1.26. The van der Waals surface area contributed by atoms with Gasteiger partial charge in [0.1, 0.15) is 5.15 Å². The van der Waals surface area contributed by atoms with E-state index in [2.05, 4.69) is 17.6 Å². The Bertz CT molecular complexity index is 312. The van der Waals surface area contributed by atoms with Crippen LogP contribution in [0.3, 0.4) is 0 Å². The van der Waals surface area contributed by atoms with Crippen LogP contribution in [0.15, 0.2) is 18.3 Å². The molecule has 70 valence electrons. The molecule has 0 aliphatic carbocycles. The number of aromatic nitrogens is 1. The third kappa shape index (κ3) is 3.28. The van der Waals surface area contributed by atoms with E-state index in [1.54, 1.807) is 12.3 Å². The van der Waals surface area contributed by atoms with E-state index in [0.717, 1.165) is 17.7 Å².